The number of aliphatic hydroxyl groups excluding tert-OH is 1. The van der Waals surface area contributed by atoms with E-state index in [1.54, 1.807) is 30.3 Å². The highest BCUT2D eigenvalue weighted by molar-refractivity contribution is 9.12. The zero-order valence-corrected chi connectivity index (χ0v) is 14.3. The number of hydrogen-bond donors (Lipinski definition) is 3. The standard InChI is InChI=1S/C13H12Br2N2O2S/c14-11-5-9(12(15)20-11)13(19)17-6-10(18)7-1-3-8(16)4-2-7/h1-5,10,18H,6,16H2,(H,17,19). The molecule has 0 fully saturated rings. The van der Waals surface area contributed by atoms with Crippen molar-refractivity contribution in [3.8, 4) is 0 Å². The van der Waals surface area contributed by atoms with E-state index in [9.17, 15) is 9.90 Å². The Labute approximate surface area is 137 Å². The molecule has 0 saturated heterocycles. The molecule has 1 atom stereocenters. The van der Waals surface area contributed by atoms with E-state index in [2.05, 4.69) is 37.2 Å². The minimum atomic E-state index is -0.764. The predicted molar refractivity (Wildman–Crippen MR) is 87.9 cm³/mol. The van der Waals surface area contributed by atoms with Crippen LogP contribution < -0.4 is 11.1 Å². The van der Waals surface area contributed by atoms with Gasteiger partial charge in [0.1, 0.15) is 0 Å². The Kier molecular flexibility index (Phi) is 5.20. The number of benzene rings is 1. The molecule has 0 radical (unpaired) electrons. The van der Waals surface area contributed by atoms with Crippen LogP contribution in [-0.4, -0.2) is 17.6 Å². The molecule has 0 spiro atoms. The number of amides is 1. The lowest BCUT2D eigenvalue weighted by molar-refractivity contribution is 0.0916. The lowest BCUT2D eigenvalue weighted by atomic mass is 10.1. The normalized spacial score (nSPS) is 12.2. The Morgan fingerprint density at radius 1 is 1.35 bits per heavy atom. The van der Waals surface area contributed by atoms with Gasteiger partial charge in [-0.25, -0.2) is 0 Å². The summed E-state index contributed by atoms with van der Waals surface area (Å²) in [5, 5.41) is 12.7. The smallest absolute Gasteiger partial charge is 0.253 e. The fourth-order valence-electron chi connectivity index (χ4n) is 1.62. The van der Waals surface area contributed by atoms with Crippen molar-refractivity contribution in [2.75, 3.05) is 12.3 Å². The highest BCUT2D eigenvalue weighted by Gasteiger charge is 2.15. The van der Waals surface area contributed by atoms with Gasteiger partial charge in [-0.2, -0.15) is 0 Å². The number of hydrogen-bond acceptors (Lipinski definition) is 4. The van der Waals surface area contributed by atoms with Gasteiger partial charge in [-0.15, -0.1) is 11.3 Å². The largest absolute Gasteiger partial charge is 0.399 e. The number of nitrogens with one attached hydrogen (secondary N) is 1. The number of halogens is 2. The number of rotatable bonds is 4. The van der Waals surface area contributed by atoms with E-state index in [-0.39, 0.29) is 12.5 Å². The number of carbonyl (C=O) groups is 1. The van der Waals surface area contributed by atoms with E-state index < -0.39 is 6.10 Å². The van der Waals surface area contributed by atoms with Crippen molar-refractivity contribution in [2.45, 2.75) is 6.10 Å². The summed E-state index contributed by atoms with van der Waals surface area (Å²) in [5.41, 5.74) is 7.48. The van der Waals surface area contributed by atoms with Crippen molar-refractivity contribution in [1.29, 1.82) is 0 Å². The van der Waals surface area contributed by atoms with Gasteiger partial charge in [-0.05, 0) is 55.6 Å². The lowest BCUT2D eigenvalue weighted by Crippen LogP contribution is -2.28. The number of thiophene rings is 1. The maximum absolute atomic E-state index is 12.0. The van der Waals surface area contributed by atoms with E-state index in [0.717, 1.165) is 7.57 Å². The molecule has 0 aliphatic rings. The number of nitrogens with two attached hydrogens (primary N) is 1. The molecular formula is C13H12Br2N2O2S. The van der Waals surface area contributed by atoms with Gasteiger partial charge in [0.15, 0.2) is 0 Å². The summed E-state index contributed by atoms with van der Waals surface area (Å²) in [7, 11) is 0. The Balaban J connectivity index is 1.96. The molecule has 0 aliphatic heterocycles. The van der Waals surface area contributed by atoms with Crippen LogP contribution in [-0.2, 0) is 0 Å². The summed E-state index contributed by atoms with van der Waals surface area (Å²) in [6, 6.07) is 8.64. The summed E-state index contributed by atoms with van der Waals surface area (Å²) in [5.74, 6) is -0.228. The second-order valence-corrected chi connectivity index (χ2v) is 7.88. The highest BCUT2D eigenvalue weighted by Crippen LogP contribution is 2.31. The van der Waals surface area contributed by atoms with Gasteiger partial charge in [-0.1, -0.05) is 12.1 Å². The molecule has 20 heavy (non-hydrogen) atoms. The van der Waals surface area contributed by atoms with Gasteiger partial charge in [0, 0.05) is 12.2 Å². The molecule has 7 heteroatoms. The molecule has 0 saturated carbocycles. The van der Waals surface area contributed by atoms with Gasteiger partial charge in [0.25, 0.3) is 5.91 Å². The average molecular weight is 420 g/mol. The van der Waals surface area contributed by atoms with Crippen molar-refractivity contribution < 1.29 is 9.90 Å². The molecule has 106 valence electrons. The summed E-state index contributed by atoms with van der Waals surface area (Å²) in [6.45, 7) is 0.142. The fraction of sp³-hybridized carbons (Fsp3) is 0.154. The number of nitrogen functional groups attached to an aromatic ring is 1. The molecule has 0 aliphatic carbocycles. The average Bonchev–Trinajstić information content (AvgIpc) is 2.75. The Morgan fingerprint density at radius 3 is 2.55 bits per heavy atom. The molecule has 1 unspecified atom stereocenters. The molecule has 0 bridgehead atoms. The molecule has 1 amide bonds. The lowest BCUT2D eigenvalue weighted by Gasteiger charge is -2.12. The minimum absolute atomic E-state index is 0.142. The van der Waals surface area contributed by atoms with E-state index in [1.165, 1.54) is 11.3 Å². The monoisotopic (exact) mass is 418 g/mol. The van der Waals surface area contributed by atoms with E-state index in [1.807, 2.05) is 0 Å². The van der Waals surface area contributed by atoms with Crippen LogP contribution in [0.1, 0.15) is 22.0 Å². The Hall–Kier alpha value is -0.890. The molecular weight excluding hydrogens is 408 g/mol. The van der Waals surface area contributed by atoms with Crippen LogP contribution >= 0.6 is 43.2 Å². The van der Waals surface area contributed by atoms with Crippen molar-refractivity contribution in [1.82, 2.24) is 5.32 Å². The van der Waals surface area contributed by atoms with Gasteiger partial charge in [0.05, 0.1) is 19.2 Å². The molecule has 1 aromatic heterocycles. The second kappa shape index (κ2) is 6.71. The Morgan fingerprint density at radius 2 is 2.00 bits per heavy atom. The van der Waals surface area contributed by atoms with Crippen LogP contribution in [0.4, 0.5) is 5.69 Å². The van der Waals surface area contributed by atoms with Crippen molar-refractivity contribution in [2.24, 2.45) is 0 Å². The van der Waals surface area contributed by atoms with Crippen LogP contribution in [0.2, 0.25) is 0 Å². The summed E-state index contributed by atoms with van der Waals surface area (Å²) in [4.78, 5) is 12.0. The third-order valence-corrected chi connectivity index (χ3v) is 5.02. The third kappa shape index (κ3) is 3.82. The summed E-state index contributed by atoms with van der Waals surface area (Å²) < 4.78 is 1.62. The van der Waals surface area contributed by atoms with Crippen LogP contribution in [0, 0.1) is 0 Å². The number of aliphatic hydroxyl groups is 1. The molecule has 4 nitrogen and oxygen atoms in total. The first-order chi connectivity index (χ1) is 9.47. The van der Waals surface area contributed by atoms with Gasteiger partial charge < -0.3 is 16.2 Å². The van der Waals surface area contributed by atoms with Gasteiger partial charge in [-0.3, -0.25) is 4.79 Å². The van der Waals surface area contributed by atoms with Crippen LogP contribution in [0.25, 0.3) is 0 Å². The van der Waals surface area contributed by atoms with Gasteiger partial charge in [0.2, 0.25) is 0 Å². The van der Waals surface area contributed by atoms with E-state index in [0.29, 0.717) is 16.8 Å². The van der Waals surface area contributed by atoms with E-state index >= 15 is 0 Å². The molecule has 2 rings (SSSR count). The maximum atomic E-state index is 12.0. The Bertz CT molecular complexity index is 613. The predicted octanol–water partition coefficient (Wildman–Crippen LogP) is 3.32. The van der Waals surface area contributed by atoms with Crippen LogP contribution in [0.3, 0.4) is 0 Å². The van der Waals surface area contributed by atoms with E-state index in [4.69, 9.17) is 5.73 Å². The zero-order chi connectivity index (χ0) is 14.7. The van der Waals surface area contributed by atoms with Crippen molar-refractivity contribution >= 4 is 54.8 Å². The first-order valence-corrected chi connectivity index (χ1v) is 8.14. The topological polar surface area (TPSA) is 75.3 Å². The number of carbonyl (C=O) groups excluding carboxylic acids is 1. The third-order valence-electron chi connectivity index (χ3n) is 2.68. The maximum Gasteiger partial charge on any atom is 0.253 e. The minimum Gasteiger partial charge on any atom is -0.399 e. The number of anilines is 1. The molecule has 4 N–H and O–H groups in total. The first-order valence-electron chi connectivity index (χ1n) is 5.74. The quantitative estimate of drug-likeness (QED) is 0.665. The van der Waals surface area contributed by atoms with Crippen LogP contribution in [0.15, 0.2) is 37.9 Å². The zero-order valence-electron chi connectivity index (χ0n) is 10.3. The molecule has 1 aromatic carbocycles. The van der Waals surface area contributed by atoms with Gasteiger partial charge >= 0.3 is 0 Å². The molecule has 2 aromatic rings. The fourth-order valence-corrected chi connectivity index (χ4v) is 4.41. The van der Waals surface area contributed by atoms with Crippen molar-refractivity contribution in [3.05, 3.63) is 49.0 Å². The van der Waals surface area contributed by atoms with Crippen LogP contribution in [0.5, 0.6) is 0 Å². The highest BCUT2D eigenvalue weighted by atomic mass is 79.9. The summed E-state index contributed by atoms with van der Waals surface area (Å²) in [6.07, 6.45) is -0.764. The van der Waals surface area contributed by atoms with Crippen molar-refractivity contribution in [3.63, 3.8) is 0 Å². The summed E-state index contributed by atoms with van der Waals surface area (Å²) >= 11 is 8.08. The second-order valence-electron chi connectivity index (χ2n) is 4.13. The molecule has 1 heterocycles. The SMILES string of the molecule is Nc1ccc(C(O)CNC(=O)c2cc(Br)sc2Br)cc1. The first kappa shape index (κ1) is 15.5.